The summed E-state index contributed by atoms with van der Waals surface area (Å²) < 4.78 is 16.3. The summed E-state index contributed by atoms with van der Waals surface area (Å²) in [6, 6.07) is 9.32. The summed E-state index contributed by atoms with van der Waals surface area (Å²) >= 11 is 0. The Bertz CT molecular complexity index is 1960. The smallest absolute Gasteiger partial charge is 0.257 e. The summed E-state index contributed by atoms with van der Waals surface area (Å²) in [7, 11) is 3.98. The van der Waals surface area contributed by atoms with Gasteiger partial charge in [0.25, 0.3) is 5.69 Å². The topological polar surface area (TPSA) is 131 Å². The number of fused-ring (bicyclic) bond motifs is 2. The monoisotopic (exact) mass is 593 g/mol. The van der Waals surface area contributed by atoms with Crippen LogP contribution >= 0.6 is 0 Å². The lowest BCUT2D eigenvalue weighted by atomic mass is 10.0. The van der Waals surface area contributed by atoms with Crippen molar-refractivity contribution in [3.05, 3.63) is 73.3 Å². The van der Waals surface area contributed by atoms with Crippen LogP contribution in [0, 0.1) is 11.7 Å². The molecular weight excluding hydrogens is 559 g/mol. The lowest BCUT2D eigenvalue weighted by Crippen LogP contribution is -2.32. The van der Waals surface area contributed by atoms with E-state index in [0.717, 1.165) is 28.6 Å². The third-order valence-electron chi connectivity index (χ3n) is 7.11. The number of carbonyl (C=O) groups excluding carboxylic acids is 1. The molecule has 5 aromatic heterocycles. The average Bonchev–Trinajstić information content (AvgIpc) is 3.60. The highest BCUT2D eigenvalue weighted by Crippen LogP contribution is 2.31. The molecule has 0 spiro atoms. The Morgan fingerprint density at radius 1 is 1.00 bits per heavy atom. The number of imidazole rings is 1. The maximum atomic E-state index is 14.7. The van der Waals surface area contributed by atoms with Crippen LogP contribution in [0.5, 0.6) is 0 Å². The second-order valence-corrected chi connectivity index (χ2v) is 11.5. The van der Waals surface area contributed by atoms with Gasteiger partial charge in [-0.15, -0.1) is 0 Å². The number of hydrogen-bond donors (Lipinski definition) is 4. The third-order valence-corrected chi connectivity index (χ3v) is 7.11. The summed E-state index contributed by atoms with van der Waals surface area (Å²) in [6.07, 6.45) is 10.4. The van der Waals surface area contributed by atoms with Gasteiger partial charge in [0.15, 0.2) is 23.4 Å². The number of nitrogens with zero attached hydrogens (tertiary/aromatic N) is 6. The van der Waals surface area contributed by atoms with E-state index in [0.29, 0.717) is 52.6 Å². The van der Waals surface area contributed by atoms with Crippen LogP contribution in [0.2, 0.25) is 0 Å². The molecule has 0 atom stereocenters. The Hall–Kier alpha value is -5.23. The van der Waals surface area contributed by atoms with E-state index in [9.17, 15) is 9.18 Å². The number of anilines is 2. The van der Waals surface area contributed by atoms with Gasteiger partial charge < -0.3 is 20.5 Å². The first-order chi connectivity index (χ1) is 21.2. The Morgan fingerprint density at radius 2 is 1.84 bits per heavy atom. The first-order valence-corrected chi connectivity index (χ1v) is 14.4. The van der Waals surface area contributed by atoms with Crippen molar-refractivity contribution in [2.24, 2.45) is 5.92 Å². The van der Waals surface area contributed by atoms with Gasteiger partial charge in [-0.25, -0.2) is 9.37 Å². The number of rotatable bonds is 10. The summed E-state index contributed by atoms with van der Waals surface area (Å²) in [5.41, 5.74) is 6.49. The molecule has 0 aliphatic heterocycles. The fourth-order valence-electron chi connectivity index (χ4n) is 5.05. The van der Waals surface area contributed by atoms with E-state index >= 15 is 0 Å². The minimum atomic E-state index is -0.378. The Kier molecular flexibility index (Phi) is 7.99. The standard InChI is InChI=1S/C32H33FN10O/c1-19(2)9-29(44)37-23-10-21(13-34-14-23)20-5-6-26-25(11-20)30(41-40-26)32-38-27-15-35-16-28(31(27)39-32)43-17-22(33)12-24(18-43)36-7-8-42(3)4/h5-6,10-19,36H,7-9H2,1-4H3,(H2-,35,37,38,39,40,41,44)/p+1. The van der Waals surface area contributed by atoms with Gasteiger partial charge in [-0.3, -0.25) is 19.9 Å². The van der Waals surface area contributed by atoms with Crippen LogP contribution in [0.25, 0.3) is 50.3 Å². The van der Waals surface area contributed by atoms with Gasteiger partial charge in [-0.1, -0.05) is 19.9 Å². The quantitative estimate of drug-likeness (QED) is 0.166. The highest BCUT2D eigenvalue weighted by Gasteiger charge is 2.21. The van der Waals surface area contributed by atoms with Gasteiger partial charge in [-0.2, -0.15) is 9.67 Å². The van der Waals surface area contributed by atoms with Gasteiger partial charge >= 0.3 is 0 Å². The summed E-state index contributed by atoms with van der Waals surface area (Å²) in [5, 5.41) is 14.7. The van der Waals surface area contributed by atoms with Crippen LogP contribution in [-0.4, -0.2) is 68.1 Å². The molecule has 11 nitrogen and oxygen atoms in total. The predicted molar refractivity (Wildman–Crippen MR) is 169 cm³/mol. The molecule has 0 fully saturated rings. The van der Waals surface area contributed by atoms with Crippen LogP contribution in [-0.2, 0) is 4.79 Å². The molecule has 12 heteroatoms. The van der Waals surface area contributed by atoms with Gasteiger partial charge in [0.2, 0.25) is 12.1 Å². The second-order valence-electron chi connectivity index (χ2n) is 11.5. The Morgan fingerprint density at radius 3 is 2.66 bits per heavy atom. The molecule has 0 saturated heterocycles. The average molecular weight is 594 g/mol. The second kappa shape index (κ2) is 12.2. The number of benzene rings is 1. The van der Waals surface area contributed by atoms with Crippen LogP contribution < -0.4 is 15.2 Å². The molecule has 0 aliphatic carbocycles. The fourth-order valence-corrected chi connectivity index (χ4v) is 5.05. The highest BCUT2D eigenvalue weighted by atomic mass is 19.1. The maximum Gasteiger partial charge on any atom is 0.257 e. The van der Waals surface area contributed by atoms with E-state index in [1.54, 1.807) is 29.4 Å². The van der Waals surface area contributed by atoms with Crippen molar-refractivity contribution in [1.82, 2.24) is 35.0 Å². The molecule has 0 radical (unpaired) electrons. The van der Waals surface area contributed by atoms with Gasteiger partial charge in [0.1, 0.15) is 17.6 Å². The van der Waals surface area contributed by atoms with E-state index < -0.39 is 0 Å². The first kappa shape index (κ1) is 28.9. The number of aromatic amines is 2. The van der Waals surface area contributed by atoms with Crippen molar-refractivity contribution >= 4 is 39.2 Å². The molecule has 6 aromatic rings. The summed E-state index contributed by atoms with van der Waals surface area (Å²) in [6.45, 7) is 5.50. The van der Waals surface area contributed by atoms with E-state index in [1.807, 2.05) is 58.4 Å². The predicted octanol–water partition coefficient (Wildman–Crippen LogP) is 4.94. The zero-order chi connectivity index (χ0) is 30.8. The number of aromatic nitrogens is 7. The van der Waals surface area contributed by atoms with E-state index in [-0.39, 0.29) is 17.6 Å². The summed E-state index contributed by atoms with van der Waals surface area (Å²) in [4.78, 5) is 31.3. The molecule has 6 rings (SSSR count). The molecular formula is C32H34FN10O+. The normalized spacial score (nSPS) is 11.6. The molecule has 1 amide bonds. The molecule has 0 bridgehead atoms. The van der Waals surface area contributed by atoms with Crippen molar-refractivity contribution in [3.63, 3.8) is 0 Å². The SMILES string of the molecule is CC(C)CC(=O)Nc1cncc(-c2ccc3[nH]nc(-c4nc5c(-[n+]6cc(F)cc(NCCN(C)C)c6)cncc5[nH]4)c3c2)c1. The molecule has 44 heavy (non-hydrogen) atoms. The minimum absolute atomic E-state index is 0.0431. The third kappa shape index (κ3) is 6.25. The zero-order valence-corrected chi connectivity index (χ0v) is 25.0. The van der Waals surface area contributed by atoms with Crippen molar-refractivity contribution < 1.29 is 13.8 Å². The molecule has 5 heterocycles. The van der Waals surface area contributed by atoms with Crippen molar-refractivity contribution in [2.75, 3.05) is 37.8 Å². The number of carbonyl (C=O) groups is 1. The number of likely N-dealkylation sites (N-methyl/N-ethyl adjacent to an activating group) is 1. The van der Waals surface area contributed by atoms with Crippen molar-refractivity contribution in [2.45, 2.75) is 20.3 Å². The van der Waals surface area contributed by atoms with Gasteiger partial charge in [-0.05, 0) is 43.8 Å². The van der Waals surface area contributed by atoms with Crippen LogP contribution in [0.15, 0.2) is 67.5 Å². The Labute approximate surface area is 253 Å². The summed E-state index contributed by atoms with van der Waals surface area (Å²) in [5.74, 6) is 0.389. The highest BCUT2D eigenvalue weighted by molar-refractivity contribution is 5.96. The van der Waals surface area contributed by atoms with Crippen LogP contribution in [0.1, 0.15) is 20.3 Å². The lowest BCUT2D eigenvalue weighted by Gasteiger charge is -2.10. The maximum absolute atomic E-state index is 14.7. The van der Waals surface area contributed by atoms with Gasteiger partial charge in [0, 0.05) is 42.7 Å². The number of halogens is 1. The van der Waals surface area contributed by atoms with E-state index in [2.05, 4.69) is 40.7 Å². The number of nitrogens with one attached hydrogen (secondary N) is 4. The van der Waals surface area contributed by atoms with Crippen molar-refractivity contribution in [3.8, 4) is 28.3 Å². The molecule has 0 aliphatic rings. The fraction of sp³-hybridized carbons (Fsp3) is 0.250. The van der Waals surface area contributed by atoms with Gasteiger partial charge in [0.05, 0.1) is 29.1 Å². The lowest BCUT2D eigenvalue weighted by molar-refractivity contribution is -0.595. The number of amides is 1. The molecule has 224 valence electrons. The number of H-pyrrole nitrogens is 2. The van der Waals surface area contributed by atoms with Crippen LogP contribution in [0.4, 0.5) is 15.8 Å². The number of hydrogen-bond acceptors (Lipinski definition) is 7. The Balaban J connectivity index is 1.33. The van der Waals surface area contributed by atoms with Crippen molar-refractivity contribution in [1.29, 1.82) is 0 Å². The number of pyridine rings is 3. The molecule has 0 unspecified atom stereocenters. The molecule has 4 N–H and O–H groups in total. The van der Waals surface area contributed by atoms with Crippen LogP contribution in [0.3, 0.4) is 0 Å². The molecule has 1 aromatic carbocycles. The zero-order valence-electron chi connectivity index (χ0n) is 25.0. The minimum Gasteiger partial charge on any atom is -0.379 e. The first-order valence-electron chi connectivity index (χ1n) is 14.4. The van der Waals surface area contributed by atoms with E-state index in [1.165, 1.54) is 12.3 Å². The molecule has 0 saturated carbocycles. The van der Waals surface area contributed by atoms with E-state index in [4.69, 9.17) is 4.98 Å². The largest absolute Gasteiger partial charge is 0.379 e.